The van der Waals surface area contributed by atoms with Crippen LogP contribution in [0.5, 0.6) is 0 Å². The Kier molecular flexibility index (Phi) is 6.70. The molecule has 27 heavy (non-hydrogen) atoms. The van der Waals surface area contributed by atoms with Crippen molar-refractivity contribution in [1.29, 1.82) is 0 Å². The molecule has 0 N–H and O–H groups in total. The van der Waals surface area contributed by atoms with E-state index in [0.717, 1.165) is 0 Å². The van der Waals surface area contributed by atoms with Crippen LogP contribution < -0.4 is 11.2 Å². The van der Waals surface area contributed by atoms with Crippen LogP contribution in [0, 0.1) is 11.9 Å². The number of nitrogens with zero attached hydrogens (tertiary/aromatic N) is 2. The summed E-state index contributed by atoms with van der Waals surface area (Å²) in [7, 11) is 0. The number of aromatic nitrogens is 2. The molecule has 0 aliphatic heterocycles. The number of halogens is 9. The molecular formula is C13H4ClF8N2O2W-. The quantitative estimate of drug-likeness (QED) is 0.405. The van der Waals surface area contributed by atoms with Crippen molar-refractivity contribution in [3.8, 4) is 5.69 Å². The van der Waals surface area contributed by atoms with Gasteiger partial charge in [0, 0.05) is 32.9 Å². The van der Waals surface area contributed by atoms with Gasteiger partial charge in [0.25, 0.3) is 0 Å². The van der Waals surface area contributed by atoms with E-state index in [-0.39, 0.29) is 30.7 Å². The minimum atomic E-state index is -6.37. The first-order chi connectivity index (χ1) is 11.8. The average molecular weight is 591 g/mol. The molecule has 2 aromatic rings. The minimum Gasteiger partial charge on any atom is -0.281 e. The zero-order chi connectivity index (χ0) is 20.0. The summed E-state index contributed by atoms with van der Waals surface area (Å²) in [4.78, 5) is 23.8. The second-order valence-electron chi connectivity index (χ2n) is 4.72. The van der Waals surface area contributed by atoms with Gasteiger partial charge in [0.2, 0.25) is 5.56 Å². The molecule has 0 fully saturated rings. The molecule has 1 heterocycles. The molecule has 0 saturated carbocycles. The van der Waals surface area contributed by atoms with Gasteiger partial charge in [0.15, 0.2) is 0 Å². The Labute approximate surface area is 163 Å². The molecule has 0 aliphatic rings. The van der Waals surface area contributed by atoms with Crippen molar-refractivity contribution < 1.29 is 56.2 Å². The van der Waals surface area contributed by atoms with E-state index in [0.29, 0.717) is 12.1 Å². The van der Waals surface area contributed by atoms with Crippen LogP contribution in [0.15, 0.2) is 27.8 Å². The standard InChI is InChI=1S/C13H4ClF8N2O2.W/c14-5-1-2-7(6(15)3-5)23-9(25)4-8(12(18,19)13(20,21)22)24(10(16)17)11(23)26;/h2-4,10H;/q-1;. The smallest absolute Gasteiger partial charge is 0.281 e. The van der Waals surface area contributed by atoms with E-state index >= 15 is 0 Å². The summed E-state index contributed by atoms with van der Waals surface area (Å²) in [6.45, 7) is -4.18. The number of alkyl halides is 7. The van der Waals surface area contributed by atoms with E-state index in [1.165, 1.54) is 0 Å². The van der Waals surface area contributed by atoms with Gasteiger partial charge in [-0.1, -0.05) is 5.02 Å². The maximum Gasteiger partial charge on any atom is 0.459 e. The minimum absolute atomic E-state index is 0. The van der Waals surface area contributed by atoms with Gasteiger partial charge in [-0.25, -0.2) is 13.8 Å². The zero-order valence-corrected chi connectivity index (χ0v) is 16.0. The molecule has 0 spiro atoms. The Morgan fingerprint density at radius 3 is 2.07 bits per heavy atom. The molecule has 0 aliphatic carbocycles. The molecule has 0 amide bonds. The number of rotatable bonds is 3. The van der Waals surface area contributed by atoms with Crippen LogP contribution in [0.3, 0.4) is 0 Å². The first-order valence-electron chi connectivity index (χ1n) is 6.28. The third kappa shape index (κ3) is 4.11. The monoisotopic (exact) mass is 591 g/mol. The van der Waals surface area contributed by atoms with Crippen molar-refractivity contribution in [2.24, 2.45) is 0 Å². The van der Waals surface area contributed by atoms with E-state index in [2.05, 4.69) is 6.07 Å². The van der Waals surface area contributed by atoms with Gasteiger partial charge in [0.05, 0.1) is 0 Å². The summed E-state index contributed by atoms with van der Waals surface area (Å²) < 4.78 is 103. The Balaban J connectivity index is 0.00000364. The summed E-state index contributed by atoms with van der Waals surface area (Å²) >= 11 is 5.39. The van der Waals surface area contributed by atoms with Gasteiger partial charge >= 0.3 is 24.3 Å². The summed E-state index contributed by atoms with van der Waals surface area (Å²) in [6.07, 6.45) is -6.37. The van der Waals surface area contributed by atoms with Crippen molar-refractivity contribution in [3.63, 3.8) is 0 Å². The maximum absolute atomic E-state index is 13.8. The molecule has 4 nitrogen and oxygen atoms in total. The average Bonchev–Trinajstić information content (AvgIpc) is 2.46. The molecule has 0 saturated heterocycles. The van der Waals surface area contributed by atoms with Crippen molar-refractivity contribution in [1.82, 2.24) is 9.13 Å². The first-order valence-corrected chi connectivity index (χ1v) is 6.65. The third-order valence-electron chi connectivity index (χ3n) is 3.10. The Hall–Kier alpha value is -1.68. The fourth-order valence-corrected chi connectivity index (χ4v) is 2.11. The van der Waals surface area contributed by atoms with Crippen LogP contribution in [0.1, 0.15) is 12.2 Å². The summed E-state index contributed by atoms with van der Waals surface area (Å²) in [5, 5.41) is -0.339. The normalized spacial score (nSPS) is 12.2. The van der Waals surface area contributed by atoms with Crippen molar-refractivity contribution >= 4 is 11.6 Å². The van der Waals surface area contributed by atoms with Gasteiger partial charge < -0.3 is 0 Å². The van der Waals surface area contributed by atoms with Gasteiger partial charge in [-0.2, -0.15) is 36.8 Å². The van der Waals surface area contributed by atoms with E-state index in [1.54, 1.807) is 0 Å². The van der Waals surface area contributed by atoms with E-state index < -0.39 is 57.7 Å². The molecule has 14 heteroatoms. The third-order valence-corrected chi connectivity index (χ3v) is 3.31. The fourth-order valence-electron chi connectivity index (χ4n) is 1.96. The molecule has 1 aromatic carbocycles. The zero-order valence-electron chi connectivity index (χ0n) is 12.3. The molecule has 0 atom stereocenters. The van der Waals surface area contributed by atoms with Crippen LogP contribution >= 0.6 is 11.6 Å². The van der Waals surface area contributed by atoms with Gasteiger partial charge in [-0.3, -0.25) is 9.36 Å². The van der Waals surface area contributed by atoms with E-state index in [4.69, 9.17) is 11.6 Å². The first kappa shape index (κ1) is 23.4. The molecule has 0 unspecified atom stereocenters. The predicted octanol–water partition coefficient (Wildman–Crippen LogP) is 3.64. The van der Waals surface area contributed by atoms with Crippen molar-refractivity contribution in [3.05, 3.63) is 61.6 Å². The van der Waals surface area contributed by atoms with Gasteiger partial charge in [-0.15, -0.1) is 23.7 Å². The second-order valence-corrected chi connectivity index (χ2v) is 5.13. The van der Waals surface area contributed by atoms with Crippen LogP contribution in [-0.2, 0) is 27.0 Å². The van der Waals surface area contributed by atoms with Crippen LogP contribution in [0.2, 0.25) is 5.02 Å². The number of benzene rings is 1. The SMILES string of the molecule is O=c1cc(C(F)(F)C(F)(F)F)n(C(F)F)c(=O)n1-c1c[c-]c(Cl)cc1F.[W]. The number of hydrogen-bond acceptors (Lipinski definition) is 2. The van der Waals surface area contributed by atoms with Gasteiger partial charge in [0.1, 0.15) is 5.69 Å². The molecule has 0 bridgehead atoms. The van der Waals surface area contributed by atoms with Crippen molar-refractivity contribution in [2.45, 2.75) is 18.6 Å². The fraction of sp³-hybridized carbons (Fsp3) is 0.231. The summed E-state index contributed by atoms with van der Waals surface area (Å²) in [5.74, 6) is -7.34. The summed E-state index contributed by atoms with van der Waals surface area (Å²) in [6, 6.07) is 2.68. The van der Waals surface area contributed by atoms with Crippen LogP contribution in [0.25, 0.3) is 5.69 Å². The van der Waals surface area contributed by atoms with Gasteiger partial charge in [-0.05, 0) is 5.69 Å². The largest absolute Gasteiger partial charge is 0.459 e. The molecule has 148 valence electrons. The van der Waals surface area contributed by atoms with E-state index in [9.17, 15) is 44.7 Å². The Morgan fingerprint density at radius 2 is 1.63 bits per heavy atom. The molecule has 2 rings (SSSR count). The topological polar surface area (TPSA) is 44.0 Å². The predicted molar refractivity (Wildman–Crippen MR) is 71.3 cm³/mol. The Bertz CT molecular complexity index is 970. The second kappa shape index (κ2) is 7.75. The van der Waals surface area contributed by atoms with E-state index in [1.807, 2.05) is 0 Å². The van der Waals surface area contributed by atoms with Crippen LogP contribution in [-0.4, -0.2) is 15.3 Å². The molecule has 0 radical (unpaired) electrons. The maximum atomic E-state index is 13.8. The Morgan fingerprint density at radius 1 is 1.07 bits per heavy atom. The molecule has 1 aromatic heterocycles. The van der Waals surface area contributed by atoms with Crippen molar-refractivity contribution in [2.75, 3.05) is 0 Å². The number of hydrogen-bond donors (Lipinski definition) is 0. The van der Waals surface area contributed by atoms with Crippen LogP contribution in [0.4, 0.5) is 35.1 Å². The molecular weight excluding hydrogens is 587 g/mol. The summed E-state index contributed by atoms with van der Waals surface area (Å²) in [5.41, 5.74) is -7.79.